The Labute approximate surface area is 149 Å². The summed E-state index contributed by atoms with van der Waals surface area (Å²) in [5, 5.41) is 8.45. The highest BCUT2D eigenvalue weighted by Gasteiger charge is 2.27. The highest BCUT2D eigenvalue weighted by Crippen LogP contribution is 2.21. The topological polar surface area (TPSA) is 69.6 Å². The molecular formula is C18H27N5O2. The van der Waals surface area contributed by atoms with E-state index in [1.165, 1.54) is 6.42 Å². The van der Waals surface area contributed by atoms with Gasteiger partial charge in [-0.3, -0.25) is 9.59 Å². The lowest BCUT2D eigenvalue weighted by Gasteiger charge is -2.35. The summed E-state index contributed by atoms with van der Waals surface area (Å²) in [6.45, 7) is 7.42. The van der Waals surface area contributed by atoms with Crippen molar-refractivity contribution in [3.05, 3.63) is 17.8 Å². The Bertz CT molecular complexity index is 610. The number of nitrogens with zero attached hydrogens (tertiary/aromatic N) is 5. The molecule has 2 aliphatic rings. The van der Waals surface area contributed by atoms with Crippen LogP contribution in [0.5, 0.6) is 0 Å². The Kier molecular flexibility index (Phi) is 5.50. The first kappa shape index (κ1) is 17.6. The summed E-state index contributed by atoms with van der Waals surface area (Å²) in [6.07, 6.45) is 4.32. The number of carbonyl (C=O) groups excluding carboxylic acids is 2. The van der Waals surface area contributed by atoms with Gasteiger partial charge in [-0.25, -0.2) is 0 Å². The Hall–Kier alpha value is -2.18. The average Bonchev–Trinajstić information content (AvgIpc) is 2.67. The highest BCUT2D eigenvalue weighted by molar-refractivity contribution is 5.92. The normalized spacial score (nSPS) is 21.4. The maximum absolute atomic E-state index is 12.7. The highest BCUT2D eigenvalue weighted by atomic mass is 16.2. The van der Waals surface area contributed by atoms with E-state index in [1.54, 1.807) is 13.0 Å². The minimum absolute atomic E-state index is 0.00741. The summed E-state index contributed by atoms with van der Waals surface area (Å²) in [7, 11) is 0. The second-order valence-electron chi connectivity index (χ2n) is 6.83. The number of carbonyl (C=O) groups is 2. The number of piperazine rings is 1. The van der Waals surface area contributed by atoms with Gasteiger partial charge in [-0.2, -0.15) is 0 Å². The van der Waals surface area contributed by atoms with Crippen LogP contribution in [-0.2, 0) is 4.79 Å². The minimum Gasteiger partial charge on any atom is -0.352 e. The zero-order chi connectivity index (χ0) is 17.8. The molecule has 2 aliphatic heterocycles. The largest absolute Gasteiger partial charge is 0.352 e. The van der Waals surface area contributed by atoms with Crippen LogP contribution in [0.15, 0.2) is 12.1 Å². The number of amides is 2. The Morgan fingerprint density at radius 2 is 1.84 bits per heavy atom. The molecule has 7 heteroatoms. The zero-order valence-corrected chi connectivity index (χ0v) is 15.1. The molecule has 0 N–H and O–H groups in total. The van der Waals surface area contributed by atoms with Crippen LogP contribution in [0.2, 0.25) is 0 Å². The molecule has 0 aliphatic carbocycles. The molecule has 0 spiro atoms. The van der Waals surface area contributed by atoms with Crippen molar-refractivity contribution in [2.75, 3.05) is 37.6 Å². The lowest BCUT2D eigenvalue weighted by atomic mass is 9.99. The van der Waals surface area contributed by atoms with Crippen LogP contribution in [0.1, 0.15) is 50.0 Å². The van der Waals surface area contributed by atoms with Crippen LogP contribution in [0.25, 0.3) is 0 Å². The Balaban J connectivity index is 1.64. The van der Waals surface area contributed by atoms with Crippen molar-refractivity contribution in [2.45, 2.75) is 45.6 Å². The first-order chi connectivity index (χ1) is 12.1. The summed E-state index contributed by atoms with van der Waals surface area (Å²) in [4.78, 5) is 30.0. The van der Waals surface area contributed by atoms with Crippen LogP contribution in [0, 0.1) is 0 Å². The molecule has 0 saturated carbocycles. The number of rotatable bonds is 3. The van der Waals surface area contributed by atoms with E-state index < -0.39 is 0 Å². The number of aromatic nitrogens is 2. The van der Waals surface area contributed by atoms with Crippen LogP contribution >= 0.6 is 0 Å². The first-order valence-corrected chi connectivity index (χ1v) is 9.25. The van der Waals surface area contributed by atoms with Crippen LogP contribution < -0.4 is 4.90 Å². The molecule has 0 aromatic carbocycles. The van der Waals surface area contributed by atoms with Gasteiger partial charge in [-0.1, -0.05) is 6.92 Å². The predicted octanol–water partition coefficient (Wildman–Crippen LogP) is 1.55. The third kappa shape index (κ3) is 3.91. The monoisotopic (exact) mass is 345 g/mol. The number of hydrogen-bond acceptors (Lipinski definition) is 5. The van der Waals surface area contributed by atoms with Crippen molar-refractivity contribution in [3.8, 4) is 0 Å². The SMILES string of the molecule is CCC1CCCCN1C(=O)c1ccc(N2CCN(C(C)=O)CC2)nn1. The Morgan fingerprint density at radius 3 is 2.44 bits per heavy atom. The van der Waals surface area contributed by atoms with Crippen molar-refractivity contribution >= 4 is 17.6 Å². The molecule has 136 valence electrons. The van der Waals surface area contributed by atoms with Gasteiger partial charge in [0.1, 0.15) is 0 Å². The maximum Gasteiger partial charge on any atom is 0.274 e. The van der Waals surface area contributed by atoms with E-state index in [2.05, 4.69) is 22.0 Å². The molecule has 1 unspecified atom stereocenters. The minimum atomic E-state index is -0.00741. The molecule has 1 aromatic heterocycles. The molecule has 1 aromatic rings. The van der Waals surface area contributed by atoms with E-state index in [0.717, 1.165) is 44.7 Å². The van der Waals surface area contributed by atoms with E-state index in [0.29, 0.717) is 24.8 Å². The lowest BCUT2D eigenvalue weighted by molar-refractivity contribution is -0.129. The van der Waals surface area contributed by atoms with Gasteiger partial charge in [0.05, 0.1) is 0 Å². The van der Waals surface area contributed by atoms with Crippen LogP contribution in [0.3, 0.4) is 0 Å². The van der Waals surface area contributed by atoms with Crippen molar-refractivity contribution in [1.82, 2.24) is 20.0 Å². The number of likely N-dealkylation sites (tertiary alicyclic amines) is 1. The predicted molar refractivity (Wildman–Crippen MR) is 95.5 cm³/mol. The van der Waals surface area contributed by atoms with Gasteiger partial charge in [0.15, 0.2) is 11.5 Å². The molecule has 7 nitrogen and oxygen atoms in total. The molecule has 2 amide bonds. The maximum atomic E-state index is 12.7. The first-order valence-electron chi connectivity index (χ1n) is 9.25. The second kappa shape index (κ2) is 7.80. The van der Waals surface area contributed by atoms with Crippen molar-refractivity contribution < 1.29 is 9.59 Å². The fourth-order valence-corrected chi connectivity index (χ4v) is 3.70. The quantitative estimate of drug-likeness (QED) is 0.831. The molecule has 1 atom stereocenters. The third-order valence-electron chi connectivity index (χ3n) is 5.28. The number of anilines is 1. The molecule has 3 rings (SSSR count). The van der Waals surface area contributed by atoms with Gasteiger partial charge in [0.2, 0.25) is 5.91 Å². The summed E-state index contributed by atoms with van der Waals surface area (Å²) in [5.41, 5.74) is 0.423. The van der Waals surface area contributed by atoms with Crippen molar-refractivity contribution in [3.63, 3.8) is 0 Å². The van der Waals surface area contributed by atoms with Crippen molar-refractivity contribution in [1.29, 1.82) is 0 Å². The van der Waals surface area contributed by atoms with Crippen LogP contribution in [0.4, 0.5) is 5.82 Å². The number of piperidine rings is 1. The summed E-state index contributed by atoms with van der Waals surface area (Å²) >= 11 is 0. The average molecular weight is 345 g/mol. The summed E-state index contributed by atoms with van der Waals surface area (Å²) in [5.74, 6) is 0.871. The van der Waals surface area contributed by atoms with Gasteiger partial charge in [-0.15, -0.1) is 10.2 Å². The van der Waals surface area contributed by atoms with E-state index in [1.807, 2.05) is 15.9 Å². The molecule has 2 fully saturated rings. The fourth-order valence-electron chi connectivity index (χ4n) is 3.70. The van der Waals surface area contributed by atoms with E-state index >= 15 is 0 Å². The van der Waals surface area contributed by atoms with Gasteiger partial charge in [-0.05, 0) is 37.8 Å². The fraction of sp³-hybridized carbons (Fsp3) is 0.667. The van der Waals surface area contributed by atoms with Crippen LogP contribution in [-0.4, -0.2) is 70.6 Å². The molecule has 0 bridgehead atoms. The molecular weight excluding hydrogens is 318 g/mol. The van der Waals surface area contributed by atoms with Gasteiger partial charge in [0.25, 0.3) is 5.91 Å². The van der Waals surface area contributed by atoms with E-state index in [4.69, 9.17) is 0 Å². The molecule has 0 radical (unpaired) electrons. The van der Waals surface area contributed by atoms with E-state index in [9.17, 15) is 9.59 Å². The zero-order valence-electron chi connectivity index (χ0n) is 15.1. The van der Waals surface area contributed by atoms with Gasteiger partial charge < -0.3 is 14.7 Å². The van der Waals surface area contributed by atoms with Crippen molar-refractivity contribution in [2.24, 2.45) is 0 Å². The Morgan fingerprint density at radius 1 is 1.08 bits per heavy atom. The molecule has 25 heavy (non-hydrogen) atoms. The number of hydrogen-bond donors (Lipinski definition) is 0. The van der Waals surface area contributed by atoms with Gasteiger partial charge >= 0.3 is 0 Å². The molecule has 3 heterocycles. The summed E-state index contributed by atoms with van der Waals surface area (Å²) < 4.78 is 0. The standard InChI is InChI=1S/C18H27N5O2/c1-3-15-6-4-5-9-23(15)18(25)16-7-8-17(20-19-16)22-12-10-21(11-13-22)14(2)24/h7-8,15H,3-6,9-13H2,1-2H3. The smallest absolute Gasteiger partial charge is 0.274 e. The van der Waals surface area contributed by atoms with E-state index in [-0.39, 0.29) is 11.8 Å². The van der Waals surface area contributed by atoms with Gasteiger partial charge in [0, 0.05) is 45.7 Å². The third-order valence-corrected chi connectivity index (χ3v) is 5.28. The molecule has 2 saturated heterocycles. The summed E-state index contributed by atoms with van der Waals surface area (Å²) in [6, 6.07) is 3.97. The second-order valence-corrected chi connectivity index (χ2v) is 6.83. The lowest BCUT2D eigenvalue weighted by Crippen LogP contribution is -2.48.